The Morgan fingerprint density at radius 3 is 2.32 bits per heavy atom. The highest BCUT2D eigenvalue weighted by Crippen LogP contribution is 2.40. The zero-order valence-electron chi connectivity index (χ0n) is 27.1. The molecule has 2 aliphatic rings. The van der Waals surface area contributed by atoms with E-state index in [-0.39, 0.29) is 23.2 Å². The lowest BCUT2D eigenvalue weighted by Crippen LogP contribution is -2.47. The number of likely N-dealkylation sites (N-methyl/N-ethyl adjacent to an activating group) is 1. The number of carbonyl (C=O) groups is 2. The molecule has 1 unspecified atom stereocenters. The quantitative estimate of drug-likeness (QED) is 0.237. The number of benzene rings is 1. The number of thiophene rings is 1. The van der Waals surface area contributed by atoms with Crippen LogP contribution in [0.1, 0.15) is 79.8 Å². The Hall–Kier alpha value is -3.32. The van der Waals surface area contributed by atoms with Crippen molar-refractivity contribution >= 4 is 40.8 Å². The zero-order chi connectivity index (χ0) is 32.4. The number of fused-ring (bicyclic) bond motifs is 3. The average Bonchev–Trinajstić information content (AvgIpc) is 3.45. The Kier molecular flexibility index (Phi) is 10.2. The van der Waals surface area contributed by atoms with Crippen LogP contribution in [0.3, 0.4) is 0 Å². The van der Waals surface area contributed by atoms with E-state index >= 15 is 0 Å². The molecule has 0 spiro atoms. The molecular formula is C34H43ClN6O2S. The first kappa shape index (κ1) is 33.6. The Labute approximate surface area is 270 Å². The molecule has 0 bridgehead atoms. The second-order valence-electron chi connectivity index (χ2n) is 13.1. The van der Waals surface area contributed by atoms with Gasteiger partial charge in [0, 0.05) is 58.0 Å². The van der Waals surface area contributed by atoms with Gasteiger partial charge < -0.3 is 14.6 Å². The molecule has 2 aromatic heterocycles. The smallest absolute Gasteiger partial charge is 0.225 e. The number of piperazine rings is 1. The van der Waals surface area contributed by atoms with Crippen molar-refractivity contribution in [1.29, 1.82) is 0 Å². The van der Waals surface area contributed by atoms with Gasteiger partial charge in [-0.25, -0.2) is 0 Å². The van der Waals surface area contributed by atoms with Crippen LogP contribution in [-0.2, 0) is 9.59 Å². The molecule has 0 saturated carbocycles. The van der Waals surface area contributed by atoms with Gasteiger partial charge in [-0.15, -0.1) is 33.9 Å². The first-order valence-electron chi connectivity index (χ1n) is 14.9. The highest BCUT2D eigenvalue weighted by atomic mass is 35.5. The third kappa shape index (κ3) is 7.48. The summed E-state index contributed by atoms with van der Waals surface area (Å²) in [6.07, 6.45) is 7.27. The van der Waals surface area contributed by atoms with Gasteiger partial charge in [-0.05, 0) is 65.8 Å². The topological polar surface area (TPSA) is 83.7 Å². The van der Waals surface area contributed by atoms with Crippen molar-refractivity contribution in [3.63, 3.8) is 0 Å². The number of carbonyl (C=O) groups excluding carboxylic acids is 2. The van der Waals surface area contributed by atoms with Crippen molar-refractivity contribution in [2.45, 2.75) is 67.3 Å². The number of hydrogen-bond acceptors (Lipinski definition) is 7. The van der Waals surface area contributed by atoms with Crippen molar-refractivity contribution in [3.8, 4) is 17.3 Å². The Balaban J connectivity index is 0.000000345. The van der Waals surface area contributed by atoms with E-state index in [2.05, 4.69) is 46.5 Å². The maximum Gasteiger partial charge on any atom is 0.225 e. The zero-order valence-corrected chi connectivity index (χ0v) is 28.6. The summed E-state index contributed by atoms with van der Waals surface area (Å²) < 4.78 is 2.09. The molecule has 1 saturated heterocycles. The molecule has 4 heterocycles. The standard InChI is InChI=1S/C24H27ClN6OS.C10H16O/c1-14-15(2)33-24-21(14)22(17-5-7-18(25)8-6-17)26-19(23-28-27-16(3)31(23)24)13-20(32)30-11-9-29(4)10-12-30;1-6-9(2,3)7-10(4,5)8-11/h5-8,19H,9-13H2,1-4H3;1,8H,7H2,2-5H3. The van der Waals surface area contributed by atoms with Crippen LogP contribution in [0.4, 0.5) is 0 Å². The largest absolute Gasteiger partial charge is 0.340 e. The number of aromatic nitrogens is 3. The summed E-state index contributed by atoms with van der Waals surface area (Å²) in [5, 5.41) is 10.6. The fraction of sp³-hybridized carbons (Fsp3) is 0.500. The molecule has 8 nitrogen and oxygen atoms in total. The van der Waals surface area contributed by atoms with Crippen LogP contribution in [0.2, 0.25) is 5.02 Å². The molecule has 3 aromatic rings. The summed E-state index contributed by atoms with van der Waals surface area (Å²) in [5.41, 5.74) is 3.66. The average molecular weight is 635 g/mol. The van der Waals surface area contributed by atoms with Gasteiger partial charge in [-0.2, -0.15) is 0 Å². The molecule has 1 atom stereocenters. The van der Waals surface area contributed by atoms with Gasteiger partial charge in [0.15, 0.2) is 5.82 Å². The molecule has 10 heteroatoms. The molecule has 0 radical (unpaired) electrons. The van der Waals surface area contributed by atoms with E-state index in [0.717, 1.165) is 72.4 Å². The second kappa shape index (κ2) is 13.4. The van der Waals surface area contributed by atoms with Gasteiger partial charge in [0.2, 0.25) is 5.91 Å². The lowest BCUT2D eigenvalue weighted by molar-refractivity contribution is -0.133. The minimum Gasteiger partial charge on any atom is -0.340 e. The fourth-order valence-electron chi connectivity index (χ4n) is 5.71. The number of halogens is 1. The van der Waals surface area contributed by atoms with Gasteiger partial charge in [0.1, 0.15) is 23.2 Å². The van der Waals surface area contributed by atoms with Crippen molar-refractivity contribution < 1.29 is 9.59 Å². The van der Waals surface area contributed by atoms with Crippen LogP contribution in [0.25, 0.3) is 5.00 Å². The minimum absolute atomic E-state index is 0.109. The molecule has 2 aliphatic heterocycles. The van der Waals surface area contributed by atoms with Crippen LogP contribution >= 0.6 is 22.9 Å². The predicted octanol–water partition coefficient (Wildman–Crippen LogP) is 6.22. The number of aryl methyl sites for hydroxylation is 2. The summed E-state index contributed by atoms with van der Waals surface area (Å²) in [6, 6.07) is 7.34. The van der Waals surface area contributed by atoms with E-state index in [0.29, 0.717) is 5.02 Å². The van der Waals surface area contributed by atoms with E-state index in [1.54, 1.807) is 11.3 Å². The van der Waals surface area contributed by atoms with Gasteiger partial charge in [-0.1, -0.05) is 37.6 Å². The predicted molar refractivity (Wildman–Crippen MR) is 179 cm³/mol. The van der Waals surface area contributed by atoms with E-state index in [9.17, 15) is 9.59 Å². The van der Waals surface area contributed by atoms with Gasteiger partial charge in [0.05, 0.1) is 12.1 Å². The summed E-state index contributed by atoms with van der Waals surface area (Å²) in [7, 11) is 2.09. The van der Waals surface area contributed by atoms with Crippen LogP contribution in [0, 0.1) is 43.9 Å². The molecule has 1 aromatic carbocycles. The molecule has 44 heavy (non-hydrogen) atoms. The maximum atomic E-state index is 13.3. The van der Waals surface area contributed by atoms with Crippen molar-refractivity contribution in [3.05, 3.63) is 62.5 Å². The van der Waals surface area contributed by atoms with Crippen LogP contribution in [0.15, 0.2) is 29.3 Å². The Bertz CT molecular complexity index is 1590. The molecule has 234 valence electrons. The van der Waals surface area contributed by atoms with Crippen molar-refractivity contribution in [1.82, 2.24) is 24.6 Å². The Morgan fingerprint density at radius 1 is 1.09 bits per heavy atom. The SMILES string of the molecule is C#CC(C)(C)CC(C)(C)C=O.Cc1sc2c(c1C)C(c1ccc(Cl)cc1)=NC(CC(=O)N1CCN(C)CC1)c1nnc(C)n1-2. The number of rotatable bonds is 6. The first-order chi connectivity index (χ1) is 20.7. The third-order valence-electron chi connectivity index (χ3n) is 8.19. The maximum absolute atomic E-state index is 13.3. The van der Waals surface area contributed by atoms with E-state index in [1.165, 1.54) is 10.4 Å². The summed E-state index contributed by atoms with van der Waals surface area (Å²) in [4.78, 5) is 34.5. The highest BCUT2D eigenvalue weighted by Gasteiger charge is 2.33. The van der Waals surface area contributed by atoms with E-state index < -0.39 is 6.04 Å². The molecule has 1 amide bonds. The van der Waals surface area contributed by atoms with Crippen molar-refractivity contribution in [2.75, 3.05) is 33.2 Å². The Morgan fingerprint density at radius 2 is 1.73 bits per heavy atom. The molecule has 1 fully saturated rings. The van der Waals surface area contributed by atoms with Crippen LogP contribution < -0.4 is 0 Å². The highest BCUT2D eigenvalue weighted by molar-refractivity contribution is 7.15. The number of aldehydes is 1. The summed E-state index contributed by atoms with van der Waals surface area (Å²) in [6.45, 7) is 17.2. The number of aliphatic imine (C=N–C) groups is 1. The molecule has 0 aliphatic carbocycles. The van der Waals surface area contributed by atoms with E-state index in [1.807, 2.05) is 63.8 Å². The lowest BCUT2D eigenvalue weighted by atomic mass is 9.76. The van der Waals surface area contributed by atoms with Gasteiger partial charge >= 0.3 is 0 Å². The minimum atomic E-state index is -0.414. The van der Waals surface area contributed by atoms with E-state index in [4.69, 9.17) is 23.0 Å². The molecular weight excluding hydrogens is 592 g/mol. The lowest BCUT2D eigenvalue weighted by Gasteiger charge is -2.33. The number of amides is 1. The van der Waals surface area contributed by atoms with Crippen LogP contribution in [-0.4, -0.2) is 75.7 Å². The molecule has 0 N–H and O–H groups in total. The summed E-state index contributed by atoms with van der Waals surface area (Å²) in [5.74, 6) is 4.31. The number of terminal acetylenes is 1. The summed E-state index contributed by atoms with van der Waals surface area (Å²) >= 11 is 7.89. The van der Waals surface area contributed by atoms with Gasteiger partial charge in [0.25, 0.3) is 0 Å². The number of nitrogens with zero attached hydrogens (tertiary/aromatic N) is 6. The fourth-order valence-corrected chi connectivity index (χ4v) is 7.05. The van der Waals surface area contributed by atoms with Crippen LogP contribution in [0.5, 0.6) is 0 Å². The monoisotopic (exact) mass is 634 g/mol. The second-order valence-corrected chi connectivity index (χ2v) is 14.7. The van der Waals surface area contributed by atoms with Crippen molar-refractivity contribution in [2.24, 2.45) is 15.8 Å². The first-order valence-corrected chi connectivity index (χ1v) is 16.1. The molecule has 5 rings (SSSR count). The third-order valence-corrected chi connectivity index (χ3v) is 9.63. The normalized spacial score (nSPS) is 17.0. The van der Waals surface area contributed by atoms with Gasteiger partial charge in [-0.3, -0.25) is 14.4 Å². The number of hydrogen-bond donors (Lipinski definition) is 0.